The number of halogens is 2. The van der Waals surface area contributed by atoms with Gasteiger partial charge in [-0.1, -0.05) is 15.9 Å². The first-order valence-electron chi connectivity index (χ1n) is 6.10. The number of amides is 1. The van der Waals surface area contributed by atoms with Crippen molar-refractivity contribution in [1.29, 1.82) is 0 Å². The molecule has 6 heteroatoms. The van der Waals surface area contributed by atoms with E-state index >= 15 is 0 Å². The Bertz CT molecular complexity index is 676. The van der Waals surface area contributed by atoms with E-state index in [1.165, 1.54) is 31.4 Å². The van der Waals surface area contributed by atoms with Crippen molar-refractivity contribution < 1.29 is 19.0 Å². The summed E-state index contributed by atoms with van der Waals surface area (Å²) in [6.45, 7) is 0.0633. The summed E-state index contributed by atoms with van der Waals surface area (Å²) in [5.41, 5.74) is 0.421. The number of phenols is 1. The SMILES string of the molecule is COc1ccc(O)c(CNC(=O)c2cc(Br)ccc2F)c1. The van der Waals surface area contributed by atoms with E-state index in [0.717, 1.165) is 0 Å². The molecule has 0 aliphatic rings. The Morgan fingerprint density at radius 1 is 1.33 bits per heavy atom. The molecule has 0 atom stereocenters. The van der Waals surface area contributed by atoms with Gasteiger partial charge in [-0.25, -0.2) is 4.39 Å². The highest BCUT2D eigenvalue weighted by Crippen LogP contribution is 2.23. The van der Waals surface area contributed by atoms with Crippen LogP contribution >= 0.6 is 15.9 Å². The number of nitrogens with one attached hydrogen (secondary N) is 1. The highest BCUT2D eigenvalue weighted by Gasteiger charge is 2.13. The molecule has 110 valence electrons. The molecule has 0 aromatic heterocycles. The van der Waals surface area contributed by atoms with Gasteiger partial charge in [-0.3, -0.25) is 4.79 Å². The number of hydrogen-bond donors (Lipinski definition) is 2. The van der Waals surface area contributed by atoms with Crippen molar-refractivity contribution in [2.75, 3.05) is 7.11 Å². The van der Waals surface area contributed by atoms with Crippen molar-refractivity contribution in [3.63, 3.8) is 0 Å². The summed E-state index contributed by atoms with van der Waals surface area (Å²) in [5, 5.41) is 12.3. The number of phenolic OH excluding ortho intramolecular Hbond substituents is 1. The van der Waals surface area contributed by atoms with Crippen molar-refractivity contribution in [3.8, 4) is 11.5 Å². The molecule has 0 bridgehead atoms. The van der Waals surface area contributed by atoms with E-state index in [4.69, 9.17) is 4.74 Å². The van der Waals surface area contributed by atoms with Crippen LogP contribution < -0.4 is 10.1 Å². The third-order valence-corrected chi connectivity index (χ3v) is 3.39. The molecule has 0 saturated heterocycles. The van der Waals surface area contributed by atoms with Gasteiger partial charge < -0.3 is 15.2 Å². The third kappa shape index (κ3) is 3.72. The van der Waals surface area contributed by atoms with Crippen molar-refractivity contribution in [2.24, 2.45) is 0 Å². The minimum Gasteiger partial charge on any atom is -0.508 e. The molecule has 0 fully saturated rings. The Morgan fingerprint density at radius 2 is 2.10 bits per heavy atom. The number of ether oxygens (including phenoxy) is 1. The summed E-state index contributed by atoms with van der Waals surface area (Å²) in [4.78, 5) is 12.0. The average Bonchev–Trinajstić information content (AvgIpc) is 2.48. The fourth-order valence-electron chi connectivity index (χ4n) is 1.77. The topological polar surface area (TPSA) is 58.6 Å². The molecule has 4 nitrogen and oxygen atoms in total. The first-order valence-corrected chi connectivity index (χ1v) is 6.89. The van der Waals surface area contributed by atoms with Crippen molar-refractivity contribution in [3.05, 3.63) is 57.8 Å². The zero-order valence-corrected chi connectivity index (χ0v) is 12.8. The van der Waals surface area contributed by atoms with Gasteiger partial charge in [0.25, 0.3) is 5.91 Å². The predicted octanol–water partition coefficient (Wildman–Crippen LogP) is 3.23. The average molecular weight is 354 g/mol. The predicted molar refractivity (Wildman–Crippen MR) is 79.9 cm³/mol. The molecule has 1 amide bonds. The third-order valence-electron chi connectivity index (χ3n) is 2.90. The molecule has 0 heterocycles. The minimum absolute atomic E-state index is 0.0332. The van der Waals surface area contributed by atoms with Crippen LogP contribution in [0.15, 0.2) is 40.9 Å². The molecule has 0 saturated carbocycles. The monoisotopic (exact) mass is 353 g/mol. The number of carbonyl (C=O) groups excluding carboxylic acids is 1. The van der Waals surface area contributed by atoms with Crippen LogP contribution in [0.3, 0.4) is 0 Å². The number of aromatic hydroxyl groups is 1. The Hall–Kier alpha value is -2.08. The molecule has 2 N–H and O–H groups in total. The summed E-state index contributed by atoms with van der Waals surface area (Å²) >= 11 is 3.19. The van der Waals surface area contributed by atoms with Crippen LogP contribution in [0.5, 0.6) is 11.5 Å². The van der Waals surface area contributed by atoms with Gasteiger partial charge in [-0.2, -0.15) is 0 Å². The number of hydrogen-bond acceptors (Lipinski definition) is 3. The lowest BCUT2D eigenvalue weighted by Crippen LogP contribution is -2.23. The first-order chi connectivity index (χ1) is 10.0. The van der Waals surface area contributed by atoms with Crippen molar-refractivity contribution in [2.45, 2.75) is 6.54 Å². The number of carbonyl (C=O) groups is 1. The van der Waals surface area contributed by atoms with Gasteiger partial charge in [0.05, 0.1) is 12.7 Å². The largest absolute Gasteiger partial charge is 0.508 e. The molecule has 2 rings (SSSR count). The standard InChI is InChI=1S/C15H13BrFNO3/c1-21-11-3-5-14(19)9(6-11)8-18-15(20)12-7-10(16)2-4-13(12)17/h2-7,19H,8H2,1H3,(H,18,20). The van der Waals surface area contributed by atoms with Crippen molar-refractivity contribution >= 4 is 21.8 Å². The maximum Gasteiger partial charge on any atom is 0.254 e. The van der Waals surface area contributed by atoms with E-state index in [9.17, 15) is 14.3 Å². The van der Waals surface area contributed by atoms with Crippen LogP contribution in [-0.4, -0.2) is 18.1 Å². The molecular formula is C15H13BrFNO3. The van der Waals surface area contributed by atoms with Gasteiger partial charge in [0.1, 0.15) is 17.3 Å². The summed E-state index contributed by atoms with van der Waals surface area (Å²) in [6.07, 6.45) is 0. The zero-order valence-electron chi connectivity index (χ0n) is 11.2. The second-order valence-corrected chi connectivity index (χ2v) is 5.22. The van der Waals surface area contributed by atoms with Crippen LogP contribution in [0.2, 0.25) is 0 Å². The number of methoxy groups -OCH3 is 1. The fraction of sp³-hybridized carbons (Fsp3) is 0.133. The second-order valence-electron chi connectivity index (χ2n) is 4.30. The maximum absolute atomic E-state index is 13.6. The van der Waals surface area contributed by atoms with Gasteiger partial charge in [0.15, 0.2) is 0 Å². The smallest absolute Gasteiger partial charge is 0.254 e. The van der Waals surface area contributed by atoms with Crippen molar-refractivity contribution in [1.82, 2.24) is 5.32 Å². The van der Waals surface area contributed by atoms with E-state index in [1.54, 1.807) is 12.1 Å². The van der Waals surface area contributed by atoms with E-state index < -0.39 is 11.7 Å². The van der Waals surface area contributed by atoms with Gasteiger partial charge >= 0.3 is 0 Å². The zero-order chi connectivity index (χ0) is 15.4. The summed E-state index contributed by atoms with van der Waals surface area (Å²) < 4.78 is 19.2. The molecule has 0 radical (unpaired) electrons. The van der Waals surface area contributed by atoms with Gasteiger partial charge in [0, 0.05) is 16.6 Å². The summed E-state index contributed by atoms with van der Waals surface area (Å²) in [7, 11) is 1.51. The Kier molecular flexibility index (Phi) is 4.80. The van der Waals surface area contributed by atoms with Crippen LogP contribution in [-0.2, 0) is 6.54 Å². The molecule has 0 spiro atoms. The molecule has 21 heavy (non-hydrogen) atoms. The van der Waals surface area contributed by atoms with Gasteiger partial charge in [0.2, 0.25) is 0 Å². The minimum atomic E-state index is -0.606. The Balaban J connectivity index is 2.12. The number of rotatable bonds is 4. The molecule has 0 unspecified atom stereocenters. The normalized spacial score (nSPS) is 10.2. The lowest BCUT2D eigenvalue weighted by Gasteiger charge is -2.09. The summed E-state index contributed by atoms with van der Waals surface area (Å²) in [5.74, 6) is -0.571. The molecule has 2 aromatic carbocycles. The van der Waals surface area contributed by atoms with E-state index in [2.05, 4.69) is 21.2 Å². The first kappa shape index (κ1) is 15.3. The quantitative estimate of drug-likeness (QED) is 0.886. The Labute approximate surface area is 129 Å². The van der Waals surface area contributed by atoms with Crippen LogP contribution in [0.1, 0.15) is 15.9 Å². The highest BCUT2D eigenvalue weighted by molar-refractivity contribution is 9.10. The van der Waals surface area contributed by atoms with Gasteiger partial charge in [-0.05, 0) is 36.4 Å². The molecule has 0 aliphatic heterocycles. The van der Waals surface area contributed by atoms with E-state index in [-0.39, 0.29) is 17.9 Å². The number of benzene rings is 2. The molecule has 2 aromatic rings. The van der Waals surface area contributed by atoms with Crippen LogP contribution in [0.25, 0.3) is 0 Å². The van der Waals surface area contributed by atoms with Crippen LogP contribution in [0.4, 0.5) is 4.39 Å². The highest BCUT2D eigenvalue weighted by atomic mass is 79.9. The van der Waals surface area contributed by atoms with Crippen LogP contribution in [0, 0.1) is 5.82 Å². The maximum atomic E-state index is 13.6. The summed E-state index contributed by atoms with van der Waals surface area (Å²) in [6, 6.07) is 8.81. The van der Waals surface area contributed by atoms with Gasteiger partial charge in [-0.15, -0.1) is 0 Å². The molecular weight excluding hydrogens is 341 g/mol. The second kappa shape index (κ2) is 6.58. The lowest BCUT2D eigenvalue weighted by molar-refractivity contribution is 0.0946. The Morgan fingerprint density at radius 3 is 2.81 bits per heavy atom. The molecule has 0 aliphatic carbocycles. The van der Waals surface area contributed by atoms with E-state index in [1.807, 2.05) is 0 Å². The fourth-order valence-corrected chi connectivity index (χ4v) is 2.13. The van der Waals surface area contributed by atoms with E-state index in [0.29, 0.717) is 15.8 Å². The lowest BCUT2D eigenvalue weighted by atomic mass is 10.1.